The van der Waals surface area contributed by atoms with Crippen molar-refractivity contribution in [2.24, 2.45) is 5.73 Å². The van der Waals surface area contributed by atoms with Crippen molar-refractivity contribution < 1.29 is 18.9 Å². The van der Waals surface area contributed by atoms with Gasteiger partial charge in [-0.05, 0) is 18.2 Å². The SMILES string of the molecule is CN1C(=O)[C@@H](N)COc2ccc(C(=O)NCC[S+](C)[O-])cc21. The number of nitrogens with zero attached hydrogens (tertiary/aromatic N) is 1. The van der Waals surface area contributed by atoms with E-state index in [1.54, 1.807) is 31.5 Å². The van der Waals surface area contributed by atoms with Crippen LogP contribution in [0, 0.1) is 0 Å². The maximum atomic E-state index is 12.1. The van der Waals surface area contributed by atoms with E-state index < -0.39 is 17.2 Å². The van der Waals surface area contributed by atoms with E-state index >= 15 is 0 Å². The number of hydrogen-bond acceptors (Lipinski definition) is 5. The lowest BCUT2D eigenvalue weighted by Crippen LogP contribution is -2.43. The molecule has 2 atom stereocenters. The van der Waals surface area contributed by atoms with Crippen LogP contribution in [0.4, 0.5) is 5.69 Å². The molecular formula is C14H19N3O4S. The largest absolute Gasteiger partial charge is 0.617 e. The van der Waals surface area contributed by atoms with Gasteiger partial charge in [0.1, 0.15) is 24.2 Å². The summed E-state index contributed by atoms with van der Waals surface area (Å²) in [5, 5.41) is 2.69. The number of hydrogen-bond donors (Lipinski definition) is 2. The smallest absolute Gasteiger partial charge is 0.251 e. The van der Waals surface area contributed by atoms with Gasteiger partial charge >= 0.3 is 0 Å². The molecule has 0 saturated carbocycles. The van der Waals surface area contributed by atoms with Crippen molar-refractivity contribution in [3.63, 3.8) is 0 Å². The summed E-state index contributed by atoms with van der Waals surface area (Å²) in [4.78, 5) is 25.5. The summed E-state index contributed by atoms with van der Waals surface area (Å²) in [6.45, 7) is 0.430. The molecule has 0 fully saturated rings. The zero-order valence-electron chi connectivity index (χ0n) is 12.5. The molecule has 0 saturated heterocycles. The molecule has 22 heavy (non-hydrogen) atoms. The molecular weight excluding hydrogens is 306 g/mol. The van der Waals surface area contributed by atoms with Gasteiger partial charge in [0.15, 0.2) is 0 Å². The number of nitrogens with one attached hydrogen (secondary N) is 1. The van der Waals surface area contributed by atoms with Gasteiger partial charge in [0, 0.05) is 12.6 Å². The average molecular weight is 325 g/mol. The maximum absolute atomic E-state index is 12.1. The van der Waals surface area contributed by atoms with Crippen molar-refractivity contribution in [1.29, 1.82) is 0 Å². The third kappa shape index (κ3) is 3.70. The molecule has 1 unspecified atom stereocenters. The number of ether oxygens (including phenoxy) is 1. The van der Waals surface area contributed by atoms with Crippen LogP contribution in [-0.2, 0) is 16.0 Å². The lowest BCUT2D eigenvalue weighted by molar-refractivity contribution is -0.119. The Kier molecular flexibility index (Phi) is 5.28. The Labute approximate surface area is 132 Å². The van der Waals surface area contributed by atoms with Crippen molar-refractivity contribution in [1.82, 2.24) is 5.32 Å². The summed E-state index contributed by atoms with van der Waals surface area (Å²) in [5.74, 6) is 0.350. The van der Waals surface area contributed by atoms with Crippen LogP contribution in [0.15, 0.2) is 18.2 Å². The molecule has 0 radical (unpaired) electrons. The molecule has 1 aliphatic heterocycles. The van der Waals surface area contributed by atoms with E-state index in [0.29, 0.717) is 29.3 Å². The number of fused-ring (bicyclic) bond motifs is 1. The van der Waals surface area contributed by atoms with Crippen LogP contribution in [0.2, 0.25) is 0 Å². The molecule has 1 heterocycles. The third-order valence-electron chi connectivity index (χ3n) is 3.32. The van der Waals surface area contributed by atoms with E-state index in [-0.39, 0.29) is 18.4 Å². The van der Waals surface area contributed by atoms with Crippen molar-refractivity contribution in [2.45, 2.75) is 6.04 Å². The van der Waals surface area contributed by atoms with Gasteiger partial charge in [-0.3, -0.25) is 9.59 Å². The Morgan fingerprint density at radius 3 is 3.00 bits per heavy atom. The molecule has 2 rings (SSSR count). The molecule has 7 nitrogen and oxygen atoms in total. The van der Waals surface area contributed by atoms with Gasteiger partial charge in [-0.2, -0.15) is 0 Å². The lowest BCUT2D eigenvalue weighted by atomic mass is 10.1. The fraction of sp³-hybridized carbons (Fsp3) is 0.429. The molecule has 8 heteroatoms. The first-order valence-corrected chi connectivity index (χ1v) is 8.51. The highest BCUT2D eigenvalue weighted by molar-refractivity contribution is 7.90. The first-order valence-electron chi connectivity index (χ1n) is 6.78. The summed E-state index contributed by atoms with van der Waals surface area (Å²) < 4.78 is 16.5. The highest BCUT2D eigenvalue weighted by atomic mass is 32.2. The molecule has 1 aromatic rings. The Hall–Kier alpha value is -1.77. The molecule has 1 aliphatic rings. The molecule has 120 valence electrons. The third-order valence-corrected chi connectivity index (χ3v) is 4.10. The second-order valence-corrected chi connectivity index (χ2v) is 6.59. The minimum Gasteiger partial charge on any atom is -0.617 e. The van der Waals surface area contributed by atoms with Gasteiger partial charge < -0.3 is 25.2 Å². The summed E-state index contributed by atoms with van der Waals surface area (Å²) in [5.41, 5.74) is 6.62. The van der Waals surface area contributed by atoms with Crippen molar-refractivity contribution in [3.8, 4) is 5.75 Å². The van der Waals surface area contributed by atoms with Crippen molar-refractivity contribution in [3.05, 3.63) is 23.8 Å². The molecule has 2 amide bonds. The van der Waals surface area contributed by atoms with Gasteiger partial charge in [-0.1, -0.05) is 11.2 Å². The predicted octanol–water partition coefficient (Wildman–Crippen LogP) is -0.523. The average Bonchev–Trinajstić information content (AvgIpc) is 2.59. The van der Waals surface area contributed by atoms with Crippen LogP contribution < -0.4 is 20.7 Å². The quantitative estimate of drug-likeness (QED) is 0.724. The molecule has 0 aromatic heterocycles. The minimum absolute atomic E-state index is 0.101. The number of carbonyl (C=O) groups is 2. The van der Waals surface area contributed by atoms with Crippen LogP contribution >= 0.6 is 0 Å². The molecule has 0 bridgehead atoms. The van der Waals surface area contributed by atoms with Gasteiger partial charge in [0.05, 0.1) is 18.5 Å². The Balaban J connectivity index is 2.17. The van der Waals surface area contributed by atoms with Crippen LogP contribution in [-0.4, -0.2) is 54.6 Å². The zero-order chi connectivity index (χ0) is 16.3. The molecule has 0 spiro atoms. The number of benzene rings is 1. The Bertz CT molecular complexity index is 579. The summed E-state index contributed by atoms with van der Waals surface area (Å²) in [7, 11) is 1.59. The lowest BCUT2D eigenvalue weighted by Gasteiger charge is -2.18. The highest BCUT2D eigenvalue weighted by Crippen LogP contribution is 2.31. The predicted molar refractivity (Wildman–Crippen MR) is 84.6 cm³/mol. The van der Waals surface area contributed by atoms with Crippen LogP contribution in [0.3, 0.4) is 0 Å². The number of carbonyl (C=O) groups excluding carboxylic acids is 2. The van der Waals surface area contributed by atoms with E-state index in [0.717, 1.165) is 0 Å². The zero-order valence-corrected chi connectivity index (χ0v) is 13.3. The van der Waals surface area contributed by atoms with Gasteiger partial charge in [-0.25, -0.2) is 0 Å². The fourth-order valence-electron chi connectivity index (χ4n) is 2.07. The van der Waals surface area contributed by atoms with Crippen LogP contribution in [0.25, 0.3) is 0 Å². The first-order chi connectivity index (χ1) is 10.4. The number of nitrogens with two attached hydrogens (primary N) is 1. The summed E-state index contributed by atoms with van der Waals surface area (Å²) in [6, 6.07) is 4.12. The van der Waals surface area contributed by atoms with E-state index in [2.05, 4.69) is 5.32 Å². The van der Waals surface area contributed by atoms with E-state index in [4.69, 9.17) is 10.5 Å². The van der Waals surface area contributed by atoms with Crippen molar-refractivity contribution in [2.75, 3.05) is 37.1 Å². The monoisotopic (exact) mass is 325 g/mol. The van der Waals surface area contributed by atoms with Gasteiger partial charge in [0.25, 0.3) is 5.91 Å². The topological polar surface area (TPSA) is 108 Å². The minimum atomic E-state index is -0.959. The Morgan fingerprint density at radius 2 is 2.32 bits per heavy atom. The maximum Gasteiger partial charge on any atom is 0.251 e. The first kappa shape index (κ1) is 16.6. The second kappa shape index (κ2) is 6.99. The standard InChI is InChI=1S/C14H19N3O4S/c1-17-11-7-9(13(18)16-5-6-22(2)20)3-4-12(11)21-8-10(15)14(17)19/h3-4,7,10H,5-6,8,15H2,1-2H3,(H,16,18)/t10-,22?/m0/s1. The van der Waals surface area contributed by atoms with E-state index in [9.17, 15) is 14.1 Å². The van der Waals surface area contributed by atoms with E-state index in [1.807, 2.05) is 0 Å². The molecule has 0 aliphatic carbocycles. The highest BCUT2D eigenvalue weighted by Gasteiger charge is 2.27. The normalized spacial score (nSPS) is 19.0. The van der Waals surface area contributed by atoms with E-state index in [1.165, 1.54) is 4.90 Å². The second-order valence-electron chi connectivity index (χ2n) is 5.03. The Morgan fingerprint density at radius 1 is 1.59 bits per heavy atom. The summed E-state index contributed by atoms with van der Waals surface area (Å²) in [6.07, 6.45) is 1.58. The molecule has 1 aromatic carbocycles. The van der Waals surface area contributed by atoms with Gasteiger partial charge in [-0.15, -0.1) is 0 Å². The van der Waals surface area contributed by atoms with Crippen LogP contribution in [0.5, 0.6) is 5.75 Å². The van der Waals surface area contributed by atoms with Gasteiger partial charge in [0.2, 0.25) is 5.91 Å². The fourth-order valence-corrected chi connectivity index (χ4v) is 2.46. The van der Waals surface area contributed by atoms with Crippen molar-refractivity contribution >= 4 is 28.7 Å². The molecule has 3 N–H and O–H groups in total. The summed E-state index contributed by atoms with van der Waals surface area (Å²) >= 11 is -0.959. The number of anilines is 1. The van der Waals surface area contributed by atoms with Crippen LogP contribution in [0.1, 0.15) is 10.4 Å². The number of likely N-dealkylation sites (N-methyl/N-ethyl adjacent to an activating group) is 1. The number of rotatable bonds is 4. The number of amides is 2.